The highest BCUT2D eigenvalue weighted by atomic mass is 32.2. The second kappa shape index (κ2) is 6.57. The van der Waals surface area contributed by atoms with E-state index in [0.29, 0.717) is 18.9 Å². The van der Waals surface area contributed by atoms with Crippen molar-refractivity contribution >= 4 is 10.0 Å². The van der Waals surface area contributed by atoms with Gasteiger partial charge in [0.1, 0.15) is 0 Å². The van der Waals surface area contributed by atoms with Crippen LogP contribution in [-0.2, 0) is 10.0 Å². The quantitative estimate of drug-likeness (QED) is 0.636. The fraction of sp³-hybridized carbons (Fsp3) is 1.00. The molecule has 0 aliphatic carbocycles. The van der Waals surface area contributed by atoms with Crippen LogP contribution in [0.1, 0.15) is 34.1 Å². The molecule has 0 fully saturated rings. The Bertz CT molecular complexity index is 284. The van der Waals surface area contributed by atoms with Crippen molar-refractivity contribution in [1.29, 1.82) is 0 Å². The van der Waals surface area contributed by atoms with Crippen molar-refractivity contribution in [3.8, 4) is 0 Å². The van der Waals surface area contributed by atoms with Gasteiger partial charge in [-0.2, -0.15) is 0 Å². The Hall–Kier alpha value is -0.130. The van der Waals surface area contributed by atoms with Crippen LogP contribution in [-0.4, -0.2) is 34.3 Å². The second-order valence-electron chi connectivity index (χ2n) is 5.24. The monoisotopic (exact) mass is 250 g/mol. The van der Waals surface area contributed by atoms with Gasteiger partial charge in [-0.15, -0.1) is 0 Å². The standard InChI is InChI=1S/C11H26N2O2S/c1-10(2)11(3,4)9-13-16(14,15)8-6-7-12-5/h10,12-13H,6-9H2,1-5H3. The van der Waals surface area contributed by atoms with Crippen LogP contribution in [0, 0.1) is 11.3 Å². The molecule has 0 aromatic rings. The summed E-state index contributed by atoms with van der Waals surface area (Å²) >= 11 is 0. The predicted molar refractivity (Wildman–Crippen MR) is 69.0 cm³/mol. The van der Waals surface area contributed by atoms with E-state index < -0.39 is 10.0 Å². The lowest BCUT2D eigenvalue weighted by atomic mass is 9.81. The predicted octanol–water partition coefficient (Wildman–Crippen LogP) is 1.20. The van der Waals surface area contributed by atoms with E-state index in [4.69, 9.17) is 0 Å². The van der Waals surface area contributed by atoms with Crippen molar-refractivity contribution in [2.45, 2.75) is 34.1 Å². The molecule has 0 atom stereocenters. The van der Waals surface area contributed by atoms with Crippen LogP contribution in [0.5, 0.6) is 0 Å². The Kier molecular flexibility index (Phi) is 6.51. The van der Waals surface area contributed by atoms with Crippen molar-refractivity contribution in [2.75, 3.05) is 25.9 Å². The van der Waals surface area contributed by atoms with Gasteiger partial charge in [0.2, 0.25) is 10.0 Å². The molecule has 16 heavy (non-hydrogen) atoms. The minimum absolute atomic E-state index is 0.00389. The van der Waals surface area contributed by atoms with Gasteiger partial charge in [0.25, 0.3) is 0 Å². The lowest BCUT2D eigenvalue weighted by Gasteiger charge is -2.29. The van der Waals surface area contributed by atoms with Gasteiger partial charge in [-0.3, -0.25) is 0 Å². The zero-order valence-corrected chi connectivity index (χ0v) is 11.9. The van der Waals surface area contributed by atoms with Crippen molar-refractivity contribution in [1.82, 2.24) is 10.0 Å². The van der Waals surface area contributed by atoms with Gasteiger partial charge < -0.3 is 5.32 Å². The Morgan fingerprint density at radius 2 is 1.81 bits per heavy atom. The molecule has 0 aliphatic heterocycles. The minimum Gasteiger partial charge on any atom is -0.320 e. The molecule has 0 aromatic carbocycles. The van der Waals surface area contributed by atoms with E-state index in [1.807, 2.05) is 7.05 Å². The topological polar surface area (TPSA) is 58.2 Å². The van der Waals surface area contributed by atoms with E-state index in [9.17, 15) is 8.42 Å². The lowest BCUT2D eigenvalue weighted by molar-refractivity contribution is 0.252. The Labute approximate surface area is 100 Å². The third-order valence-corrected chi connectivity index (χ3v) is 4.56. The highest BCUT2D eigenvalue weighted by Gasteiger charge is 2.24. The van der Waals surface area contributed by atoms with E-state index in [0.717, 1.165) is 6.54 Å². The molecule has 0 spiro atoms. The van der Waals surface area contributed by atoms with Crippen molar-refractivity contribution < 1.29 is 8.42 Å². The van der Waals surface area contributed by atoms with Crippen LogP contribution in [0.3, 0.4) is 0 Å². The molecule has 0 aromatic heterocycles. The molecule has 0 saturated heterocycles. The van der Waals surface area contributed by atoms with Crippen LogP contribution >= 0.6 is 0 Å². The summed E-state index contributed by atoms with van der Waals surface area (Å²) in [4.78, 5) is 0. The number of hydrogen-bond acceptors (Lipinski definition) is 3. The molecule has 0 aliphatic rings. The first kappa shape index (κ1) is 15.9. The molecule has 0 saturated carbocycles. The summed E-state index contributed by atoms with van der Waals surface area (Å²) in [5.41, 5.74) is -0.00389. The van der Waals surface area contributed by atoms with Crippen LogP contribution in [0.25, 0.3) is 0 Å². The van der Waals surface area contributed by atoms with Gasteiger partial charge in [0.15, 0.2) is 0 Å². The van der Waals surface area contributed by atoms with E-state index in [1.165, 1.54) is 0 Å². The van der Waals surface area contributed by atoms with E-state index in [2.05, 4.69) is 37.7 Å². The van der Waals surface area contributed by atoms with E-state index in [1.54, 1.807) is 0 Å². The van der Waals surface area contributed by atoms with E-state index in [-0.39, 0.29) is 11.2 Å². The normalized spacial score (nSPS) is 13.4. The van der Waals surface area contributed by atoms with Gasteiger partial charge in [0, 0.05) is 6.54 Å². The number of hydrogen-bond donors (Lipinski definition) is 2. The maximum absolute atomic E-state index is 11.6. The first-order chi connectivity index (χ1) is 7.21. The van der Waals surface area contributed by atoms with Crippen LogP contribution in [0.15, 0.2) is 0 Å². The Morgan fingerprint density at radius 1 is 1.25 bits per heavy atom. The Balaban J connectivity index is 4.09. The summed E-state index contributed by atoms with van der Waals surface area (Å²) in [6, 6.07) is 0. The van der Waals surface area contributed by atoms with Crippen molar-refractivity contribution in [2.24, 2.45) is 11.3 Å². The van der Waals surface area contributed by atoms with E-state index >= 15 is 0 Å². The molecule has 0 radical (unpaired) electrons. The number of rotatable bonds is 8. The first-order valence-corrected chi connectivity index (χ1v) is 7.48. The van der Waals surface area contributed by atoms with Gasteiger partial charge in [-0.1, -0.05) is 27.7 Å². The summed E-state index contributed by atoms with van der Waals surface area (Å²) < 4.78 is 26.0. The van der Waals surface area contributed by atoms with Crippen molar-refractivity contribution in [3.63, 3.8) is 0 Å². The highest BCUT2D eigenvalue weighted by molar-refractivity contribution is 7.89. The average molecular weight is 250 g/mol. The van der Waals surface area contributed by atoms with Crippen LogP contribution in [0.2, 0.25) is 0 Å². The summed E-state index contributed by atoms with van der Waals surface area (Å²) in [5.74, 6) is 0.648. The summed E-state index contributed by atoms with van der Waals surface area (Å²) in [6.07, 6.45) is 0.647. The molecule has 4 nitrogen and oxygen atoms in total. The maximum atomic E-state index is 11.6. The molecule has 2 N–H and O–H groups in total. The summed E-state index contributed by atoms with van der Waals surface area (Å²) in [5, 5.41) is 2.94. The molecule has 5 heteroatoms. The van der Waals surface area contributed by atoms with Crippen molar-refractivity contribution in [3.05, 3.63) is 0 Å². The van der Waals surface area contributed by atoms with Gasteiger partial charge in [-0.05, 0) is 31.3 Å². The smallest absolute Gasteiger partial charge is 0.211 e. The Morgan fingerprint density at radius 3 is 2.25 bits per heavy atom. The molecular formula is C11H26N2O2S. The second-order valence-corrected chi connectivity index (χ2v) is 7.17. The third-order valence-electron chi connectivity index (χ3n) is 3.15. The molecule has 0 bridgehead atoms. The lowest BCUT2D eigenvalue weighted by Crippen LogP contribution is -2.38. The van der Waals surface area contributed by atoms with Gasteiger partial charge in [0.05, 0.1) is 5.75 Å². The summed E-state index contributed by atoms with van der Waals surface area (Å²) in [7, 11) is -1.29. The molecule has 0 amide bonds. The largest absolute Gasteiger partial charge is 0.320 e. The maximum Gasteiger partial charge on any atom is 0.211 e. The number of sulfonamides is 1. The van der Waals surface area contributed by atoms with Crippen LogP contribution < -0.4 is 10.0 Å². The number of nitrogens with one attached hydrogen (secondary N) is 2. The zero-order valence-electron chi connectivity index (χ0n) is 11.1. The average Bonchev–Trinajstić information content (AvgIpc) is 2.15. The molecule has 0 unspecified atom stereocenters. The minimum atomic E-state index is -3.11. The fourth-order valence-electron chi connectivity index (χ4n) is 1.01. The van der Waals surface area contributed by atoms with Gasteiger partial charge in [-0.25, -0.2) is 13.1 Å². The highest BCUT2D eigenvalue weighted by Crippen LogP contribution is 2.24. The SMILES string of the molecule is CNCCCS(=O)(=O)NCC(C)(C)C(C)C. The van der Waals surface area contributed by atoms with Crippen LogP contribution in [0.4, 0.5) is 0 Å². The molecule has 98 valence electrons. The first-order valence-electron chi connectivity index (χ1n) is 5.83. The summed E-state index contributed by atoms with van der Waals surface area (Å²) in [6.45, 7) is 9.60. The molecule has 0 rings (SSSR count). The molecular weight excluding hydrogens is 224 g/mol. The van der Waals surface area contributed by atoms with Gasteiger partial charge >= 0.3 is 0 Å². The molecule has 0 heterocycles. The fourth-order valence-corrected chi connectivity index (χ4v) is 2.27. The third kappa shape index (κ3) is 6.45. The zero-order chi connectivity index (χ0) is 12.8.